The standard InChI is InChI=1S/C17H29N5O2/c1-17(6-3-7-18-13-17)16(23)21-8-4-14(5-9-21)10-22-11-15(12-24-2)19-20-22/h11,14,18H,3-10,12-13H2,1-2H3. The molecule has 0 spiro atoms. The van der Waals surface area contributed by atoms with Crippen LogP contribution >= 0.6 is 0 Å². The molecule has 2 aliphatic heterocycles. The van der Waals surface area contributed by atoms with Crippen LogP contribution in [0.1, 0.15) is 38.3 Å². The molecule has 2 aliphatic rings. The lowest BCUT2D eigenvalue weighted by atomic mass is 9.80. The van der Waals surface area contributed by atoms with E-state index in [0.717, 1.165) is 64.1 Å². The summed E-state index contributed by atoms with van der Waals surface area (Å²) in [5.74, 6) is 0.889. The number of carbonyl (C=O) groups excluding carboxylic acids is 1. The maximum atomic E-state index is 12.9. The first-order valence-electron chi connectivity index (χ1n) is 8.99. The second-order valence-corrected chi connectivity index (χ2v) is 7.44. The van der Waals surface area contributed by atoms with Gasteiger partial charge in [0.15, 0.2) is 0 Å². The molecule has 0 aromatic carbocycles. The maximum Gasteiger partial charge on any atom is 0.229 e. The average molecular weight is 335 g/mol. The van der Waals surface area contributed by atoms with Gasteiger partial charge in [0.25, 0.3) is 0 Å². The molecule has 0 saturated carbocycles. The largest absolute Gasteiger partial charge is 0.378 e. The summed E-state index contributed by atoms with van der Waals surface area (Å²) in [5.41, 5.74) is 0.648. The zero-order chi connectivity index (χ0) is 17.0. The highest BCUT2D eigenvalue weighted by Gasteiger charge is 2.38. The molecule has 0 bridgehead atoms. The summed E-state index contributed by atoms with van der Waals surface area (Å²) < 4.78 is 6.98. The van der Waals surface area contributed by atoms with E-state index in [9.17, 15) is 4.79 Å². The van der Waals surface area contributed by atoms with Crippen molar-refractivity contribution in [3.63, 3.8) is 0 Å². The van der Waals surface area contributed by atoms with Gasteiger partial charge in [-0.1, -0.05) is 5.21 Å². The van der Waals surface area contributed by atoms with Crippen LogP contribution in [-0.2, 0) is 22.7 Å². The second kappa shape index (κ2) is 7.61. The minimum atomic E-state index is -0.216. The maximum absolute atomic E-state index is 12.9. The van der Waals surface area contributed by atoms with Crippen LogP contribution in [0, 0.1) is 11.3 Å². The van der Waals surface area contributed by atoms with Crippen molar-refractivity contribution in [3.8, 4) is 0 Å². The Hall–Kier alpha value is -1.47. The Morgan fingerprint density at radius 2 is 2.25 bits per heavy atom. The van der Waals surface area contributed by atoms with Gasteiger partial charge >= 0.3 is 0 Å². The minimum Gasteiger partial charge on any atom is -0.378 e. The van der Waals surface area contributed by atoms with E-state index >= 15 is 0 Å². The molecule has 0 radical (unpaired) electrons. The van der Waals surface area contributed by atoms with Gasteiger partial charge in [-0.15, -0.1) is 5.10 Å². The van der Waals surface area contributed by atoms with E-state index in [-0.39, 0.29) is 5.41 Å². The van der Waals surface area contributed by atoms with E-state index in [0.29, 0.717) is 18.4 Å². The fourth-order valence-electron chi connectivity index (χ4n) is 3.85. The third-order valence-electron chi connectivity index (χ3n) is 5.34. The zero-order valence-electron chi connectivity index (χ0n) is 14.8. The molecular weight excluding hydrogens is 306 g/mol. The third-order valence-corrected chi connectivity index (χ3v) is 5.34. The number of carbonyl (C=O) groups is 1. The van der Waals surface area contributed by atoms with Crippen molar-refractivity contribution < 1.29 is 9.53 Å². The molecule has 2 fully saturated rings. The number of piperidine rings is 2. The number of nitrogens with one attached hydrogen (secondary N) is 1. The van der Waals surface area contributed by atoms with Gasteiger partial charge in [-0.3, -0.25) is 9.48 Å². The molecule has 1 atom stereocenters. The summed E-state index contributed by atoms with van der Waals surface area (Å²) in [4.78, 5) is 14.9. The van der Waals surface area contributed by atoms with Crippen LogP contribution in [0.15, 0.2) is 6.20 Å². The fourth-order valence-corrected chi connectivity index (χ4v) is 3.85. The lowest BCUT2D eigenvalue weighted by Gasteiger charge is -2.40. The average Bonchev–Trinajstić information content (AvgIpc) is 3.03. The van der Waals surface area contributed by atoms with Crippen LogP contribution in [0.3, 0.4) is 0 Å². The van der Waals surface area contributed by atoms with Crippen molar-refractivity contribution in [3.05, 3.63) is 11.9 Å². The molecule has 3 heterocycles. The third kappa shape index (κ3) is 3.95. The quantitative estimate of drug-likeness (QED) is 0.871. The van der Waals surface area contributed by atoms with Crippen LogP contribution < -0.4 is 5.32 Å². The first kappa shape index (κ1) is 17.4. The number of methoxy groups -OCH3 is 1. The molecule has 2 saturated heterocycles. The molecule has 1 unspecified atom stereocenters. The van der Waals surface area contributed by atoms with E-state index in [4.69, 9.17) is 4.74 Å². The number of aromatic nitrogens is 3. The van der Waals surface area contributed by atoms with Gasteiger partial charge in [-0.2, -0.15) is 0 Å². The summed E-state index contributed by atoms with van der Waals surface area (Å²) in [6.45, 7) is 7.05. The number of amides is 1. The first-order chi connectivity index (χ1) is 11.6. The predicted octanol–water partition coefficient (Wildman–Crippen LogP) is 1.05. The van der Waals surface area contributed by atoms with Gasteiger partial charge in [0, 0.05) is 33.3 Å². The molecule has 0 aliphatic carbocycles. The normalized spacial score (nSPS) is 25.8. The molecule has 134 valence electrons. The zero-order valence-corrected chi connectivity index (χ0v) is 14.8. The van der Waals surface area contributed by atoms with Gasteiger partial charge in [0.2, 0.25) is 5.91 Å². The van der Waals surface area contributed by atoms with Crippen LogP contribution in [0.5, 0.6) is 0 Å². The summed E-state index contributed by atoms with van der Waals surface area (Å²) in [5, 5.41) is 11.6. The summed E-state index contributed by atoms with van der Waals surface area (Å²) in [6, 6.07) is 0. The SMILES string of the molecule is COCc1cn(CC2CCN(C(=O)C3(C)CCCNC3)CC2)nn1. The number of ether oxygens (including phenoxy) is 1. The molecule has 1 aromatic rings. The summed E-state index contributed by atoms with van der Waals surface area (Å²) in [6.07, 6.45) is 6.12. The molecule has 24 heavy (non-hydrogen) atoms. The lowest BCUT2D eigenvalue weighted by molar-refractivity contribution is -0.143. The monoisotopic (exact) mass is 335 g/mol. The van der Waals surface area contributed by atoms with E-state index in [1.54, 1.807) is 7.11 Å². The Balaban J connectivity index is 1.49. The van der Waals surface area contributed by atoms with E-state index in [2.05, 4.69) is 27.5 Å². The van der Waals surface area contributed by atoms with E-state index in [1.807, 2.05) is 10.9 Å². The lowest BCUT2D eigenvalue weighted by Crippen LogP contribution is -2.52. The van der Waals surface area contributed by atoms with Gasteiger partial charge in [0.1, 0.15) is 5.69 Å². The fraction of sp³-hybridized carbons (Fsp3) is 0.824. The predicted molar refractivity (Wildman–Crippen MR) is 90.2 cm³/mol. The van der Waals surface area contributed by atoms with Crippen molar-refractivity contribution >= 4 is 5.91 Å². The molecule has 1 N–H and O–H groups in total. The Morgan fingerprint density at radius 1 is 1.46 bits per heavy atom. The Labute approximate surface area is 143 Å². The Kier molecular flexibility index (Phi) is 5.50. The molecular formula is C17H29N5O2. The van der Waals surface area contributed by atoms with Crippen LogP contribution in [-0.4, -0.2) is 59.1 Å². The molecule has 7 heteroatoms. The van der Waals surface area contributed by atoms with Gasteiger partial charge in [-0.25, -0.2) is 0 Å². The van der Waals surface area contributed by atoms with Gasteiger partial charge in [0.05, 0.1) is 18.2 Å². The molecule has 1 amide bonds. The Bertz CT molecular complexity index is 545. The number of likely N-dealkylation sites (tertiary alicyclic amines) is 1. The summed E-state index contributed by atoms with van der Waals surface area (Å²) in [7, 11) is 1.66. The number of rotatable bonds is 5. The molecule has 7 nitrogen and oxygen atoms in total. The number of hydrogen-bond acceptors (Lipinski definition) is 5. The first-order valence-corrected chi connectivity index (χ1v) is 8.99. The van der Waals surface area contributed by atoms with E-state index < -0.39 is 0 Å². The second-order valence-electron chi connectivity index (χ2n) is 7.44. The van der Waals surface area contributed by atoms with E-state index in [1.165, 1.54) is 0 Å². The topological polar surface area (TPSA) is 72.3 Å². The number of hydrogen-bond donors (Lipinski definition) is 1. The van der Waals surface area contributed by atoms with Crippen molar-refractivity contribution in [1.29, 1.82) is 0 Å². The minimum absolute atomic E-state index is 0.216. The van der Waals surface area contributed by atoms with Crippen molar-refractivity contribution in [2.45, 2.75) is 45.8 Å². The highest BCUT2D eigenvalue weighted by molar-refractivity contribution is 5.82. The van der Waals surface area contributed by atoms with Crippen LogP contribution in [0.4, 0.5) is 0 Å². The van der Waals surface area contributed by atoms with Gasteiger partial charge < -0.3 is 15.0 Å². The smallest absolute Gasteiger partial charge is 0.229 e. The van der Waals surface area contributed by atoms with Crippen LogP contribution in [0.2, 0.25) is 0 Å². The van der Waals surface area contributed by atoms with Crippen molar-refractivity contribution in [2.75, 3.05) is 33.3 Å². The Morgan fingerprint density at radius 3 is 2.92 bits per heavy atom. The highest BCUT2D eigenvalue weighted by atomic mass is 16.5. The van der Waals surface area contributed by atoms with Crippen molar-refractivity contribution in [1.82, 2.24) is 25.2 Å². The molecule has 1 aromatic heterocycles. The summed E-state index contributed by atoms with van der Waals surface area (Å²) >= 11 is 0. The molecule has 3 rings (SSSR count). The highest BCUT2D eigenvalue weighted by Crippen LogP contribution is 2.30. The number of nitrogens with zero attached hydrogens (tertiary/aromatic N) is 4. The van der Waals surface area contributed by atoms with Gasteiger partial charge in [-0.05, 0) is 45.1 Å². The van der Waals surface area contributed by atoms with Crippen molar-refractivity contribution in [2.24, 2.45) is 11.3 Å². The van der Waals surface area contributed by atoms with Crippen LogP contribution in [0.25, 0.3) is 0 Å².